The van der Waals surface area contributed by atoms with E-state index in [0.717, 1.165) is 59.6 Å². The molecule has 2 fully saturated rings. The molecule has 4 atom stereocenters. The zero-order chi connectivity index (χ0) is 29.9. The Morgan fingerprint density at radius 2 is 1.93 bits per heavy atom. The van der Waals surface area contributed by atoms with E-state index in [2.05, 4.69) is 20.7 Å². The standard InChI is InChI=1S/C33H38N6O3S/c1-21-20-43-32(36-21)29-11-7-13-39(29)33(42)25-16-23(26-18-35-38(2)19-26)15-24(17-25)31(41)37-28(14-22-8-4-3-5-9-22)30(40)27-10-6-12-34-27/h3-5,8-9,15-20,27-30,34,40H,6-7,10-14H2,1-2H3,(H,37,41)/t27-,28+,29-,30+/m1/s1. The molecule has 0 aliphatic carbocycles. The number of nitrogens with one attached hydrogen (secondary N) is 2. The number of rotatable bonds is 9. The number of nitrogens with zero attached hydrogens (tertiary/aromatic N) is 4. The number of amides is 2. The molecule has 2 amide bonds. The summed E-state index contributed by atoms with van der Waals surface area (Å²) in [4.78, 5) is 34.5. The van der Waals surface area contributed by atoms with Crippen LogP contribution in [0.5, 0.6) is 0 Å². The van der Waals surface area contributed by atoms with E-state index < -0.39 is 12.1 Å². The Kier molecular flexibility index (Phi) is 8.69. The molecule has 43 heavy (non-hydrogen) atoms. The number of aromatic nitrogens is 3. The van der Waals surface area contributed by atoms with Gasteiger partial charge in [-0.15, -0.1) is 11.3 Å². The zero-order valence-corrected chi connectivity index (χ0v) is 25.4. The number of likely N-dealkylation sites (tertiary alicyclic amines) is 1. The van der Waals surface area contributed by atoms with Crippen LogP contribution in [0, 0.1) is 6.92 Å². The second-order valence-electron chi connectivity index (χ2n) is 11.6. The summed E-state index contributed by atoms with van der Waals surface area (Å²) < 4.78 is 1.70. The van der Waals surface area contributed by atoms with Crippen LogP contribution in [-0.2, 0) is 13.5 Å². The van der Waals surface area contributed by atoms with Crippen molar-refractivity contribution in [1.29, 1.82) is 0 Å². The van der Waals surface area contributed by atoms with Crippen LogP contribution in [0.25, 0.3) is 11.1 Å². The number of aliphatic hydroxyl groups is 1. The van der Waals surface area contributed by atoms with Crippen molar-refractivity contribution in [2.75, 3.05) is 13.1 Å². The highest BCUT2D eigenvalue weighted by Gasteiger charge is 2.34. The van der Waals surface area contributed by atoms with Crippen LogP contribution in [0.1, 0.15) is 68.7 Å². The normalized spacial score (nSPS) is 19.8. The summed E-state index contributed by atoms with van der Waals surface area (Å²) in [5.74, 6) is -0.447. The fourth-order valence-electron chi connectivity index (χ4n) is 6.24. The molecule has 0 saturated carbocycles. The highest BCUT2D eigenvalue weighted by atomic mass is 32.1. The maximum atomic E-state index is 14.0. The van der Waals surface area contributed by atoms with Crippen molar-refractivity contribution >= 4 is 23.2 Å². The Morgan fingerprint density at radius 3 is 2.63 bits per heavy atom. The monoisotopic (exact) mass is 598 g/mol. The third-order valence-electron chi connectivity index (χ3n) is 8.45. The van der Waals surface area contributed by atoms with Crippen LogP contribution in [0.15, 0.2) is 66.3 Å². The van der Waals surface area contributed by atoms with Gasteiger partial charge in [-0.2, -0.15) is 5.10 Å². The van der Waals surface area contributed by atoms with Crippen LogP contribution in [0.2, 0.25) is 0 Å². The van der Waals surface area contributed by atoms with Crippen molar-refractivity contribution in [2.24, 2.45) is 7.05 Å². The summed E-state index contributed by atoms with van der Waals surface area (Å²) in [6.07, 6.45) is 6.94. The first-order valence-corrected chi connectivity index (χ1v) is 15.9. The molecule has 224 valence electrons. The number of thiazole rings is 1. The average molecular weight is 599 g/mol. The van der Waals surface area contributed by atoms with E-state index in [4.69, 9.17) is 0 Å². The second-order valence-corrected chi connectivity index (χ2v) is 12.5. The molecule has 2 aliphatic heterocycles. The Morgan fingerprint density at radius 1 is 1.12 bits per heavy atom. The number of hydrogen-bond acceptors (Lipinski definition) is 7. The fraction of sp³-hybridized carbons (Fsp3) is 0.394. The fourth-order valence-corrected chi connectivity index (χ4v) is 7.18. The van der Waals surface area contributed by atoms with Crippen molar-refractivity contribution in [2.45, 2.75) is 63.3 Å². The van der Waals surface area contributed by atoms with Crippen molar-refractivity contribution in [3.63, 3.8) is 0 Å². The lowest BCUT2D eigenvalue weighted by molar-refractivity contribution is 0.0733. The van der Waals surface area contributed by atoms with Crippen molar-refractivity contribution in [3.05, 3.63) is 93.7 Å². The lowest BCUT2D eigenvalue weighted by Gasteiger charge is -2.29. The molecule has 10 heteroatoms. The van der Waals surface area contributed by atoms with Crippen LogP contribution in [0.4, 0.5) is 0 Å². The zero-order valence-electron chi connectivity index (χ0n) is 24.6. The first-order valence-electron chi connectivity index (χ1n) is 15.0. The molecule has 0 radical (unpaired) electrons. The quantitative estimate of drug-likeness (QED) is 0.265. The molecule has 2 aromatic carbocycles. The van der Waals surface area contributed by atoms with Gasteiger partial charge in [0.15, 0.2) is 0 Å². The molecular formula is C33H38N6O3S. The SMILES string of the molecule is Cc1csc([C@H]2CCCN2C(=O)c2cc(C(=O)N[C@@H](Cc3ccccc3)[C@@H](O)[C@H]3CCCN3)cc(-c3cnn(C)c3)c2)n1. The van der Waals surface area contributed by atoms with E-state index in [-0.39, 0.29) is 23.9 Å². The van der Waals surface area contributed by atoms with E-state index in [1.807, 2.05) is 66.8 Å². The molecule has 4 heterocycles. The first-order chi connectivity index (χ1) is 20.9. The summed E-state index contributed by atoms with van der Waals surface area (Å²) in [7, 11) is 1.84. The molecule has 6 rings (SSSR count). The Hall–Kier alpha value is -3.86. The van der Waals surface area contributed by atoms with Gasteiger partial charge in [0.1, 0.15) is 5.01 Å². The molecule has 2 saturated heterocycles. The van der Waals surface area contributed by atoms with Crippen molar-refractivity contribution < 1.29 is 14.7 Å². The van der Waals surface area contributed by atoms with Gasteiger partial charge >= 0.3 is 0 Å². The molecule has 9 nitrogen and oxygen atoms in total. The van der Waals surface area contributed by atoms with E-state index in [0.29, 0.717) is 24.1 Å². The number of aryl methyl sites for hydroxylation is 2. The Bertz CT molecular complexity index is 1580. The van der Waals surface area contributed by atoms with Gasteiger partial charge in [-0.05, 0) is 74.9 Å². The van der Waals surface area contributed by atoms with Crippen LogP contribution < -0.4 is 10.6 Å². The van der Waals surface area contributed by atoms with Gasteiger partial charge in [0.2, 0.25) is 0 Å². The number of carbonyl (C=O) groups is 2. The minimum Gasteiger partial charge on any atom is -0.389 e. The molecule has 3 N–H and O–H groups in total. The van der Waals surface area contributed by atoms with E-state index >= 15 is 0 Å². The van der Waals surface area contributed by atoms with Crippen LogP contribution in [-0.4, -0.2) is 67.9 Å². The summed E-state index contributed by atoms with van der Waals surface area (Å²) in [6.45, 7) is 3.46. The van der Waals surface area contributed by atoms with Crippen molar-refractivity contribution in [1.82, 2.24) is 30.3 Å². The van der Waals surface area contributed by atoms with Gasteiger partial charge in [0.25, 0.3) is 11.8 Å². The maximum absolute atomic E-state index is 14.0. The van der Waals surface area contributed by atoms with Gasteiger partial charge in [0, 0.05) is 53.6 Å². The molecule has 4 aromatic rings. The minimum atomic E-state index is -0.763. The summed E-state index contributed by atoms with van der Waals surface area (Å²) in [5, 5.41) is 25.2. The lowest BCUT2D eigenvalue weighted by atomic mass is 9.94. The smallest absolute Gasteiger partial charge is 0.254 e. The Balaban J connectivity index is 1.32. The van der Waals surface area contributed by atoms with Crippen LogP contribution in [0.3, 0.4) is 0 Å². The topological polar surface area (TPSA) is 112 Å². The number of carbonyl (C=O) groups excluding carboxylic acids is 2. The Labute approximate surface area is 256 Å². The van der Waals surface area contributed by atoms with Gasteiger partial charge in [-0.3, -0.25) is 14.3 Å². The largest absolute Gasteiger partial charge is 0.389 e. The summed E-state index contributed by atoms with van der Waals surface area (Å²) in [5.41, 5.74) is 4.36. The van der Waals surface area contributed by atoms with E-state index in [9.17, 15) is 14.7 Å². The molecule has 2 aliphatic rings. The predicted molar refractivity (Wildman–Crippen MR) is 167 cm³/mol. The molecular weight excluding hydrogens is 560 g/mol. The van der Waals surface area contributed by atoms with Gasteiger partial charge in [0.05, 0.1) is 24.4 Å². The first kappa shape index (κ1) is 29.2. The molecule has 0 unspecified atom stereocenters. The maximum Gasteiger partial charge on any atom is 0.254 e. The lowest BCUT2D eigenvalue weighted by Crippen LogP contribution is -2.52. The predicted octanol–water partition coefficient (Wildman–Crippen LogP) is 4.28. The van der Waals surface area contributed by atoms with Crippen molar-refractivity contribution in [3.8, 4) is 11.1 Å². The third kappa shape index (κ3) is 6.56. The summed E-state index contributed by atoms with van der Waals surface area (Å²) in [6, 6.07) is 14.5. The molecule has 0 spiro atoms. The highest BCUT2D eigenvalue weighted by Crippen LogP contribution is 2.35. The molecule has 2 aromatic heterocycles. The molecule has 0 bridgehead atoms. The average Bonchev–Trinajstić information content (AvgIpc) is 3.84. The number of hydrogen-bond donors (Lipinski definition) is 3. The van der Waals surface area contributed by atoms with E-state index in [1.54, 1.807) is 34.3 Å². The number of aliphatic hydroxyl groups excluding tert-OH is 1. The third-order valence-corrected chi connectivity index (χ3v) is 9.52. The number of benzene rings is 2. The highest BCUT2D eigenvalue weighted by molar-refractivity contribution is 7.09. The minimum absolute atomic E-state index is 0.0742. The van der Waals surface area contributed by atoms with Gasteiger partial charge in [-0.1, -0.05) is 30.3 Å². The van der Waals surface area contributed by atoms with E-state index in [1.165, 1.54) is 0 Å². The van der Waals surface area contributed by atoms with Gasteiger partial charge in [-0.25, -0.2) is 4.98 Å². The second kappa shape index (κ2) is 12.8. The van der Waals surface area contributed by atoms with Gasteiger partial charge < -0.3 is 20.6 Å². The summed E-state index contributed by atoms with van der Waals surface area (Å²) >= 11 is 1.59. The van der Waals surface area contributed by atoms with Crippen LogP contribution >= 0.6 is 11.3 Å².